The van der Waals surface area contributed by atoms with E-state index in [4.69, 9.17) is 0 Å². The van der Waals surface area contributed by atoms with Gasteiger partial charge in [0.15, 0.2) is 0 Å². The molecule has 2 aromatic rings. The third-order valence-corrected chi connectivity index (χ3v) is 3.56. The zero-order chi connectivity index (χ0) is 14.9. The molecule has 2 rings (SSSR count). The fraction of sp³-hybridized carbons (Fsp3) is 0.250. The highest BCUT2D eigenvalue weighted by atomic mass is 16.4. The molecular weight excluding hydrogens is 254 g/mol. The minimum absolute atomic E-state index is 0.178. The number of hydrogen-bond donors (Lipinski definition) is 1. The molecule has 0 atom stereocenters. The lowest BCUT2D eigenvalue weighted by Gasteiger charge is -2.11. The predicted octanol–water partition coefficient (Wildman–Crippen LogP) is 2.62. The van der Waals surface area contributed by atoms with E-state index in [9.17, 15) is 14.7 Å². The number of aromatic carboxylic acids is 1. The number of carboxylic acids is 1. The van der Waals surface area contributed by atoms with E-state index in [1.165, 1.54) is 10.1 Å². The van der Waals surface area contributed by atoms with Crippen LogP contribution in [0.3, 0.4) is 0 Å². The van der Waals surface area contributed by atoms with E-state index in [2.05, 4.69) is 6.92 Å². The van der Waals surface area contributed by atoms with Gasteiger partial charge >= 0.3 is 5.97 Å². The number of pyridine rings is 1. The van der Waals surface area contributed by atoms with Crippen LogP contribution in [0.5, 0.6) is 0 Å². The summed E-state index contributed by atoms with van der Waals surface area (Å²) in [4.78, 5) is 23.5. The Balaban J connectivity index is 2.72. The van der Waals surface area contributed by atoms with E-state index < -0.39 is 11.5 Å². The molecule has 1 heterocycles. The Kier molecular flexibility index (Phi) is 3.74. The summed E-state index contributed by atoms with van der Waals surface area (Å²) < 4.78 is 1.35. The van der Waals surface area contributed by atoms with Gasteiger partial charge in [-0.05, 0) is 30.5 Å². The highest BCUT2D eigenvalue weighted by Crippen LogP contribution is 2.23. The van der Waals surface area contributed by atoms with E-state index in [0.29, 0.717) is 5.56 Å². The molecule has 0 amide bonds. The highest BCUT2D eigenvalue weighted by Gasteiger charge is 2.18. The molecule has 0 aliphatic rings. The molecule has 1 N–H and O–H groups in total. The van der Waals surface area contributed by atoms with Gasteiger partial charge in [0, 0.05) is 18.3 Å². The van der Waals surface area contributed by atoms with Crippen molar-refractivity contribution in [1.29, 1.82) is 0 Å². The van der Waals surface area contributed by atoms with Crippen molar-refractivity contribution < 1.29 is 9.90 Å². The van der Waals surface area contributed by atoms with Crippen LogP contribution in [-0.2, 0) is 13.5 Å². The smallest absolute Gasteiger partial charge is 0.341 e. The second-order valence-corrected chi connectivity index (χ2v) is 4.79. The summed E-state index contributed by atoms with van der Waals surface area (Å²) in [5.74, 6) is -1.19. The van der Waals surface area contributed by atoms with Crippen LogP contribution in [-0.4, -0.2) is 15.6 Å². The van der Waals surface area contributed by atoms with Crippen LogP contribution in [0.1, 0.15) is 28.5 Å². The fourth-order valence-electron chi connectivity index (χ4n) is 2.18. The molecular formula is C16H17NO3. The fourth-order valence-corrected chi connectivity index (χ4v) is 2.18. The molecule has 0 unspecified atom stereocenters. The minimum atomic E-state index is -1.19. The highest BCUT2D eigenvalue weighted by molar-refractivity contribution is 5.95. The third-order valence-electron chi connectivity index (χ3n) is 3.56. The van der Waals surface area contributed by atoms with Crippen molar-refractivity contribution in [2.24, 2.45) is 7.05 Å². The Morgan fingerprint density at radius 2 is 1.85 bits per heavy atom. The second-order valence-electron chi connectivity index (χ2n) is 4.79. The van der Waals surface area contributed by atoms with E-state index in [0.717, 1.165) is 17.7 Å². The minimum Gasteiger partial charge on any atom is -0.477 e. The van der Waals surface area contributed by atoms with Crippen molar-refractivity contribution >= 4 is 5.97 Å². The van der Waals surface area contributed by atoms with Crippen molar-refractivity contribution in [2.75, 3.05) is 0 Å². The molecule has 0 saturated carbocycles. The molecule has 4 nitrogen and oxygen atoms in total. The number of hydrogen-bond acceptors (Lipinski definition) is 2. The van der Waals surface area contributed by atoms with Gasteiger partial charge in [0.25, 0.3) is 5.56 Å². The van der Waals surface area contributed by atoms with Crippen LogP contribution in [0.4, 0.5) is 0 Å². The summed E-state index contributed by atoms with van der Waals surface area (Å²) in [6.45, 7) is 3.84. The lowest BCUT2D eigenvalue weighted by Crippen LogP contribution is -2.26. The van der Waals surface area contributed by atoms with E-state index >= 15 is 0 Å². The number of aromatic nitrogens is 1. The summed E-state index contributed by atoms with van der Waals surface area (Å²) in [6, 6.07) is 9.37. The van der Waals surface area contributed by atoms with Gasteiger partial charge in [-0.3, -0.25) is 4.79 Å². The second kappa shape index (κ2) is 5.33. The number of rotatable bonds is 3. The first-order valence-electron chi connectivity index (χ1n) is 6.49. The van der Waals surface area contributed by atoms with Gasteiger partial charge in [-0.1, -0.05) is 31.2 Å². The van der Waals surface area contributed by atoms with Crippen LogP contribution >= 0.6 is 0 Å². The first-order chi connectivity index (χ1) is 9.45. The Labute approximate surface area is 117 Å². The molecule has 1 aromatic carbocycles. The van der Waals surface area contributed by atoms with Crippen molar-refractivity contribution in [3.05, 3.63) is 57.5 Å². The lowest BCUT2D eigenvalue weighted by atomic mass is 9.98. The summed E-state index contributed by atoms with van der Waals surface area (Å²) in [7, 11) is 1.58. The Morgan fingerprint density at radius 3 is 2.35 bits per heavy atom. The van der Waals surface area contributed by atoms with Gasteiger partial charge in [0.1, 0.15) is 5.56 Å². The van der Waals surface area contributed by atoms with Crippen LogP contribution < -0.4 is 5.56 Å². The van der Waals surface area contributed by atoms with Crippen molar-refractivity contribution in [3.63, 3.8) is 0 Å². The maximum Gasteiger partial charge on any atom is 0.341 e. The summed E-state index contributed by atoms with van der Waals surface area (Å²) in [6.07, 6.45) is 0.918. The molecule has 4 heteroatoms. The first kappa shape index (κ1) is 14.1. The molecule has 20 heavy (non-hydrogen) atoms. The van der Waals surface area contributed by atoms with Gasteiger partial charge in [-0.2, -0.15) is 0 Å². The van der Waals surface area contributed by atoms with E-state index in [-0.39, 0.29) is 5.56 Å². The summed E-state index contributed by atoms with van der Waals surface area (Å²) in [5, 5.41) is 9.31. The first-order valence-corrected chi connectivity index (χ1v) is 6.49. The number of benzene rings is 1. The van der Waals surface area contributed by atoms with E-state index in [1.807, 2.05) is 24.3 Å². The van der Waals surface area contributed by atoms with Gasteiger partial charge < -0.3 is 9.67 Å². The van der Waals surface area contributed by atoms with Crippen LogP contribution in [0.2, 0.25) is 0 Å². The molecule has 0 fully saturated rings. The number of carboxylic acid groups (broad SMARTS) is 1. The molecule has 0 saturated heterocycles. The molecule has 1 aromatic heterocycles. The zero-order valence-corrected chi connectivity index (χ0v) is 11.8. The molecule has 0 radical (unpaired) electrons. The van der Waals surface area contributed by atoms with Gasteiger partial charge in [0.2, 0.25) is 0 Å². The Bertz CT molecular complexity index is 712. The summed E-state index contributed by atoms with van der Waals surface area (Å²) in [5.41, 5.74) is 2.47. The molecule has 0 aliphatic carbocycles. The monoisotopic (exact) mass is 271 g/mol. The topological polar surface area (TPSA) is 59.3 Å². The number of carbonyl (C=O) groups is 1. The van der Waals surface area contributed by atoms with Gasteiger partial charge in [-0.15, -0.1) is 0 Å². The van der Waals surface area contributed by atoms with Crippen LogP contribution in [0.25, 0.3) is 11.1 Å². The molecule has 0 bridgehead atoms. The average molecular weight is 271 g/mol. The van der Waals surface area contributed by atoms with Crippen molar-refractivity contribution in [1.82, 2.24) is 4.57 Å². The zero-order valence-electron chi connectivity index (χ0n) is 11.8. The maximum atomic E-state index is 12.1. The van der Waals surface area contributed by atoms with Crippen molar-refractivity contribution in [2.45, 2.75) is 20.3 Å². The lowest BCUT2D eigenvalue weighted by molar-refractivity contribution is 0.0695. The quantitative estimate of drug-likeness (QED) is 0.933. The average Bonchev–Trinajstić information content (AvgIpc) is 2.44. The molecule has 0 spiro atoms. The normalized spacial score (nSPS) is 10.6. The predicted molar refractivity (Wildman–Crippen MR) is 78.2 cm³/mol. The maximum absolute atomic E-state index is 12.1. The SMILES string of the molecule is CCc1ccc(-c2cc(C)n(C)c(=O)c2C(=O)O)cc1. The van der Waals surface area contributed by atoms with E-state index in [1.54, 1.807) is 20.0 Å². The van der Waals surface area contributed by atoms with Gasteiger partial charge in [-0.25, -0.2) is 4.79 Å². The number of nitrogens with zero attached hydrogens (tertiary/aromatic N) is 1. The van der Waals surface area contributed by atoms with Gasteiger partial charge in [0.05, 0.1) is 0 Å². The van der Waals surface area contributed by atoms with Crippen LogP contribution in [0.15, 0.2) is 35.1 Å². The standard InChI is InChI=1S/C16H17NO3/c1-4-11-5-7-12(8-6-11)13-9-10(2)17(3)15(18)14(13)16(19)20/h5-9H,4H2,1-3H3,(H,19,20). The Morgan fingerprint density at radius 1 is 1.25 bits per heavy atom. The summed E-state index contributed by atoms with van der Waals surface area (Å²) >= 11 is 0. The third kappa shape index (κ3) is 2.37. The largest absolute Gasteiger partial charge is 0.477 e. The van der Waals surface area contributed by atoms with Crippen molar-refractivity contribution in [3.8, 4) is 11.1 Å². The van der Waals surface area contributed by atoms with Crippen LogP contribution in [0, 0.1) is 6.92 Å². The number of aryl methyl sites for hydroxylation is 2. The Hall–Kier alpha value is -2.36. The molecule has 0 aliphatic heterocycles. The molecule has 104 valence electrons.